The molecule has 0 spiro atoms. The zero-order valence-electron chi connectivity index (χ0n) is 12.1. The molecule has 0 atom stereocenters. The minimum atomic E-state index is -0.349. The summed E-state index contributed by atoms with van der Waals surface area (Å²) in [6, 6.07) is 13.1. The van der Waals surface area contributed by atoms with Crippen LogP contribution in [-0.2, 0) is 4.74 Å². The van der Waals surface area contributed by atoms with Gasteiger partial charge in [-0.25, -0.2) is 4.79 Å². The molecule has 0 saturated heterocycles. The fourth-order valence-corrected chi connectivity index (χ4v) is 2.24. The molecule has 3 N–H and O–H groups in total. The molecule has 0 saturated carbocycles. The molecule has 0 radical (unpaired) electrons. The summed E-state index contributed by atoms with van der Waals surface area (Å²) in [7, 11) is 0. The molecular formula is C16H18N2O2S. The number of hydrogen-bond donors (Lipinski definition) is 2. The Morgan fingerprint density at radius 3 is 2.57 bits per heavy atom. The van der Waals surface area contributed by atoms with Crippen LogP contribution >= 0.6 is 11.8 Å². The van der Waals surface area contributed by atoms with Crippen molar-refractivity contribution in [3.05, 3.63) is 48.0 Å². The van der Waals surface area contributed by atoms with E-state index in [1.54, 1.807) is 36.9 Å². The standard InChI is InChI=1S/C16H18N2O2S/c1-3-20-16(19)11-4-9-14(17)15(10-11)18-12-5-7-13(21-2)8-6-12/h4-10,18H,3,17H2,1-2H3. The number of rotatable bonds is 5. The number of carbonyl (C=O) groups excluding carboxylic acids is 1. The summed E-state index contributed by atoms with van der Waals surface area (Å²) in [4.78, 5) is 12.9. The van der Waals surface area contributed by atoms with E-state index in [4.69, 9.17) is 10.5 Å². The minimum Gasteiger partial charge on any atom is -0.462 e. The van der Waals surface area contributed by atoms with Gasteiger partial charge in [0.25, 0.3) is 0 Å². The van der Waals surface area contributed by atoms with Gasteiger partial charge < -0.3 is 15.8 Å². The molecule has 110 valence electrons. The lowest BCUT2D eigenvalue weighted by molar-refractivity contribution is 0.0526. The molecule has 2 aromatic rings. The first-order valence-electron chi connectivity index (χ1n) is 6.61. The second-order valence-corrected chi connectivity index (χ2v) is 5.26. The van der Waals surface area contributed by atoms with Crippen molar-refractivity contribution in [2.45, 2.75) is 11.8 Å². The summed E-state index contributed by atoms with van der Waals surface area (Å²) in [5, 5.41) is 3.22. The first-order chi connectivity index (χ1) is 10.1. The Labute approximate surface area is 128 Å². The topological polar surface area (TPSA) is 64.3 Å². The number of esters is 1. The Morgan fingerprint density at radius 1 is 1.24 bits per heavy atom. The third kappa shape index (κ3) is 3.92. The molecule has 5 heteroatoms. The average Bonchev–Trinajstić information content (AvgIpc) is 2.50. The van der Waals surface area contributed by atoms with Gasteiger partial charge in [0.2, 0.25) is 0 Å². The van der Waals surface area contributed by atoms with Gasteiger partial charge in [0.05, 0.1) is 23.5 Å². The van der Waals surface area contributed by atoms with E-state index in [0.717, 1.165) is 5.69 Å². The van der Waals surface area contributed by atoms with Crippen LogP contribution in [0.2, 0.25) is 0 Å². The average molecular weight is 302 g/mol. The van der Waals surface area contributed by atoms with Crippen LogP contribution in [0, 0.1) is 0 Å². The molecule has 0 fully saturated rings. The van der Waals surface area contributed by atoms with Crippen LogP contribution in [0.25, 0.3) is 0 Å². The molecule has 0 aromatic heterocycles. The highest BCUT2D eigenvalue weighted by Crippen LogP contribution is 2.26. The third-order valence-corrected chi connectivity index (χ3v) is 3.68. The van der Waals surface area contributed by atoms with E-state index < -0.39 is 0 Å². The summed E-state index contributed by atoms with van der Waals surface area (Å²) >= 11 is 1.69. The number of carbonyl (C=O) groups is 1. The van der Waals surface area contributed by atoms with E-state index in [0.29, 0.717) is 23.5 Å². The molecule has 0 bridgehead atoms. The predicted octanol–water partition coefficient (Wildman–Crippen LogP) is 3.91. The van der Waals surface area contributed by atoms with E-state index in [9.17, 15) is 4.79 Å². The second kappa shape index (κ2) is 7.04. The van der Waals surface area contributed by atoms with E-state index in [1.165, 1.54) is 4.90 Å². The Balaban J connectivity index is 2.21. The van der Waals surface area contributed by atoms with Crippen LogP contribution < -0.4 is 11.1 Å². The largest absolute Gasteiger partial charge is 0.462 e. The SMILES string of the molecule is CCOC(=O)c1ccc(N)c(Nc2ccc(SC)cc2)c1. The van der Waals surface area contributed by atoms with Crippen molar-refractivity contribution in [3.8, 4) is 0 Å². The van der Waals surface area contributed by atoms with Crippen molar-refractivity contribution in [2.75, 3.05) is 23.9 Å². The maximum Gasteiger partial charge on any atom is 0.338 e. The lowest BCUT2D eigenvalue weighted by Gasteiger charge is -2.11. The van der Waals surface area contributed by atoms with Gasteiger partial charge in [-0.1, -0.05) is 0 Å². The number of nitrogens with two attached hydrogens (primary N) is 1. The lowest BCUT2D eigenvalue weighted by atomic mass is 10.1. The smallest absolute Gasteiger partial charge is 0.338 e. The molecule has 0 unspecified atom stereocenters. The summed E-state index contributed by atoms with van der Waals surface area (Å²) in [5.74, 6) is -0.349. The van der Waals surface area contributed by atoms with Gasteiger partial charge in [0, 0.05) is 10.6 Å². The van der Waals surface area contributed by atoms with Crippen LogP contribution in [-0.4, -0.2) is 18.8 Å². The fourth-order valence-electron chi connectivity index (χ4n) is 1.84. The molecule has 0 aliphatic heterocycles. The predicted molar refractivity (Wildman–Crippen MR) is 88.3 cm³/mol. The van der Waals surface area contributed by atoms with Gasteiger partial charge in [-0.2, -0.15) is 0 Å². The van der Waals surface area contributed by atoms with Crippen molar-refractivity contribution in [1.82, 2.24) is 0 Å². The highest BCUT2D eigenvalue weighted by atomic mass is 32.2. The first kappa shape index (κ1) is 15.3. The molecule has 21 heavy (non-hydrogen) atoms. The third-order valence-electron chi connectivity index (χ3n) is 2.93. The maximum atomic E-state index is 11.8. The van der Waals surface area contributed by atoms with Gasteiger partial charge in [-0.05, 0) is 55.6 Å². The molecular weight excluding hydrogens is 284 g/mol. The van der Waals surface area contributed by atoms with Crippen molar-refractivity contribution in [3.63, 3.8) is 0 Å². The van der Waals surface area contributed by atoms with Gasteiger partial charge in [-0.3, -0.25) is 0 Å². The van der Waals surface area contributed by atoms with Gasteiger partial charge in [0.1, 0.15) is 0 Å². The van der Waals surface area contributed by atoms with E-state index >= 15 is 0 Å². The van der Waals surface area contributed by atoms with Crippen molar-refractivity contribution in [1.29, 1.82) is 0 Å². The van der Waals surface area contributed by atoms with Gasteiger partial charge >= 0.3 is 5.97 Å². The molecule has 2 rings (SSSR count). The number of thioether (sulfide) groups is 1. The Bertz CT molecular complexity index is 627. The summed E-state index contributed by atoms with van der Waals surface area (Å²) < 4.78 is 4.99. The van der Waals surface area contributed by atoms with Crippen molar-refractivity contribution in [2.24, 2.45) is 0 Å². The van der Waals surface area contributed by atoms with Crippen LogP contribution in [0.15, 0.2) is 47.4 Å². The monoisotopic (exact) mass is 302 g/mol. The zero-order chi connectivity index (χ0) is 15.2. The number of nitrogen functional groups attached to an aromatic ring is 1. The molecule has 2 aromatic carbocycles. The van der Waals surface area contributed by atoms with Crippen LogP contribution in [0.4, 0.5) is 17.1 Å². The Hall–Kier alpha value is -2.14. The first-order valence-corrected chi connectivity index (χ1v) is 7.84. The molecule has 0 aliphatic carbocycles. The summed E-state index contributed by atoms with van der Waals surface area (Å²) in [6.07, 6.45) is 2.03. The quantitative estimate of drug-likeness (QED) is 0.498. The number of ether oxygens (including phenoxy) is 1. The van der Waals surface area contributed by atoms with Crippen LogP contribution in [0.5, 0.6) is 0 Å². The molecule has 0 aliphatic rings. The number of hydrogen-bond acceptors (Lipinski definition) is 5. The molecule has 0 amide bonds. The maximum absolute atomic E-state index is 11.8. The number of nitrogens with one attached hydrogen (secondary N) is 1. The Morgan fingerprint density at radius 2 is 1.95 bits per heavy atom. The van der Waals surface area contributed by atoms with Crippen molar-refractivity contribution < 1.29 is 9.53 Å². The molecule has 0 heterocycles. The Kier molecular flexibility index (Phi) is 5.11. The highest BCUT2D eigenvalue weighted by molar-refractivity contribution is 7.98. The fraction of sp³-hybridized carbons (Fsp3) is 0.188. The number of anilines is 3. The van der Waals surface area contributed by atoms with E-state index in [1.807, 2.05) is 30.5 Å². The second-order valence-electron chi connectivity index (χ2n) is 4.38. The van der Waals surface area contributed by atoms with E-state index in [-0.39, 0.29) is 5.97 Å². The minimum absolute atomic E-state index is 0.349. The van der Waals surface area contributed by atoms with E-state index in [2.05, 4.69) is 5.32 Å². The lowest BCUT2D eigenvalue weighted by Crippen LogP contribution is -2.06. The summed E-state index contributed by atoms with van der Waals surface area (Å²) in [5.41, 5.74) is 8.62. The normalized spacial score (nSPS) is 10.2. The number of benzene rings is 2. The molecule has 4 nitrogen and oxygen atoms in total. The van der Waals surface area contributed by atoms with Crippen molar-refractivity contribution >= 4 is 34.8 Å². The van der Waals surface area contributed by atoms with Crippen LogP contribution in [0.3, 0.4) is 0 Å². The highest BCUT2D eigenvalue weighted by Gasteiger charge is 2.09. The van der Waals surface area contributed by atoms with Crippen LogP contribution in [0.1, 0.15) is 17.3 Å². The van der Waals surface area contributed by atoms with Gasteiger partial charge in [0.15, 0.2) is 0 Å². The zero-order valence-corrected chi connectivity index (χ0v) is 12.9. The summed E-state index contributed by atoms with van der Waals surface area (Å²) in [6.45, 7) is 2.13. The van der Waals surface area contributed by atoms with Gasteiger partial charge in [-0.15, -0.1) is 11.8 Å².